The van der Waals surface area contributed by atoms with Crippen LogP contribution in [0.15, 0.2) is 45.0 Å². The Morgan fingerprint density at radius 2 is 1.96 bits per heavy atom. The molecule has 0 bridgehead atoms. The van der Waals surface area contributed by atoms with Gasteiger partial charge in [0.1, 0.15) is 5.65 Å². The van der Waals surface area contributed by atoms with Crippen LogP contribution < -0.4 is 11.2 Å². The Hall–Kier alpha value is -3.02. The lowest BCUT2D eigenvalue weighted by Crippen LogP contribution is -2.30. The molecule has 0 radical (unpaired) electrons. The van der Waals surface area contributed by atoms with Crippen LogP contribution in [-0.2, 0) is 12.5 Å². The summed E-state index contributed by atoms with van der Waals surface area (Å²) in [4.78, 5) is 35.5. The number of hydrogen-bond donors (Lipinski definition) is 1. The summed E-state index contributed by atoms with van der Waals surface area (Å²) in [7, 11) is 1.59. The number of aromatic nitrogens is 3. The summed E-state index contributed by atoms with van der Waals surface area (Å²) >= 11 is 0. The second-order valence-electron chi connectivity index (χ2n) is 6.97. The lowest BCUT2D eigenvalue weighted by atomic mass is 9.79. The van der Waals surface area contributed by atoms with E-state index in [1.807, 2.05) is 19.1 Å². The quantitative estimate of drug-likeness (QED) is 0.742. The first-order valence-electron chi connectivity index (χ1n) is 8.09. The molecule has 0 aliphatic carbocycles. The number of H-pyrrole nitrogens is 1. The summed E-state index contributed by atoms with van der Waals surface area (Å²) in [5.74, 6) is 0. The fraction of sp³-hybridized carbons (Fsp3) is 0.263. The largest absolute Gasteiger partial charge is 0.329 e. The van der Waals surface area contributed by atoms with Crippen molar-refractivity contribution in [3.8, 4) is 0 Å². The SMILES string of the molecule is Cc1cccc2c1N=C(c1cnc3c(c1)c(=O)[nH]c(=O)n3C)C2(C)C. The Bertz CT molecular complexity index is 1180. The van der Waals surface area contributed by atoms with Crippen LogP contribution in [0.2, 0.25) is 0 Å². The Labute approximate surface area is 143 Å². The predicted molar refractivity (Wildman–Crippen MR) is 98.0 cm³/mol. The van der Waals surface area contributed by atoms with Crippen LogP contribution in [0.4, 0.5) is 5.69 Å². The molecule has 0 saturated heterocycles. The van der Waals surface area contributed by atoms with Gasteiger partial charge in [-0.3, -0.25) is 19.3 Å². The summed E-state index contributed by atoms with van der Waals surface area (Å²) in [6, 6.07) is 7.93. The van der Waals surface area contributed by atoms with Gasteiger partial charge in [0.2, 0.25) is 0 Å². The van der Waals surface area contributed by atoms with Gasteiger partial charge in [-0.05, 0) is 24.1 Å². The van der Waals surface area contributed by atoms with E-state index in [1.165, 1.54) is 4.57 Å². The van der Waals surface area contributed by atoms with Gasteiger partial charge in [0.25, 0.3) is 5.56 Å². The van der Waals surface area contributed by atoms with Crippen LogP contribution in [0, 0.1) is 6.92 Å². The smallest absolute Gasteiger partial charge is 0.281 e. The van der Waals surface area contributed by atoms with Gasteiger partial charge in [-0.2, -0.15) is 0 Å². The molecule has 1 aliphatic rings. The number of rotatable bonds is 1. The highest BCUT2D eigenvalue weighted by atomic mass is 16.2. The number of fused-ring (bicyclic) bond motifs is 2. The van der Waals surface area contributed by atoms with Gasteiger partial charge in [-0.1, -0.05) is 32.0 Å². The van der Waals surface area contributed by atoms with Crippen molar-refractivity contribution in [2.75, 3.05) is 0 Å². The highest BCUT2D eigenvalue weighted by Gasteiger charge is 2.36. The van der Waals surface area contributed by atoms with E-state index in [9.17, 15) is 9.59 Å². The number of aryl methyl sites for hydroxylation is 2. The molecule has 0 fully saturated rings. The van der Waals surface area contributed by atoms with Gasteiger partial charge in [0, 0.05) is 24.2 Å². The molecule has 3 aromatic rings. The molecule has 0 spiro atoms. The van der Waals surface area contributed by atoms with Crippen molar-refractivity contribution in [3.05, 3.63) is 68.0 Å². The van der Waals surface area contributed by atoms with Crippen LogP contribution in [-0.4, -0.2) is 20.2 Å². The number of pyridine rings is 1. The number of aliphatic imine (C=N–C) groups is 1. The standard InChI is InChI=1S/C19H18N4O2/c1-10-6-5-7-13-14(10)21-15(19(13,2)3)11-8-12-16(20-9-11)23(4)18(25)22-17(12)24/h5-9H,1-4H3,(H,22,24,25). The number of nitrogens with one attached hydrogen (secondary N) is 1. The van der Waals surface area contributed by atoms with E-state index in [2.05, 4.69) is 29.9 Å². The molecule has 1 aromatic carbocycles. The van der Waals surface area contributed by atoms with E-state index < -0.39 is 11.2 Å². The predicted octanol–water partition coefficient (Wildman–Crippen LogP) is 2.34. The summed E-state index contributed by atoms with van der Waals surface area (Å²) in [6.45, 7) is 6.28. The van der Waals surface area contributed by atoms with Gasteiger partial charge in [-0.25, -0.2) is 9.78 Å². The maximum Gasteiger partial charge on any atom is 0.329 e. The first-order chi connectivity index (χ1) is 11.8. The van der Waals surface area contributed by atoms with E-state index >= 15 is 0 Å². The van der Waals surface area contributed by atoms with Gasteiger partial charge >= 0.3 is 5.69 Å². The molecule has 0 atom stereocenters. The summed E-state index contributed by atoms with van der Waals surface area (Å²) in [5.41, 5.74) is 4.10. The van der Waals surface area contributed by atoms with Crippen molar-refractivity contribution in [3.63, 3.8) is 0 Å². The molecule has 25 heavy (non-hydrogen) atoms. The summed E-state index contributed by atoms with van der Waals surface area (Å²) < 4.78 is 1.33. The molecule has 126 valence electrons. The average molecular weight is 334 g/mol. The number of hydrogen-bond acceptors (Lipinski definition) is 4. The Balaban J connectivity index is 1.98. The molecule has 4 rings (SSSR count). The fourth-order valence-electron chi connectivity index (χ4n) is 3.48. The van der Waals surface area contributed by atoms with E-state index in [0.717, 1.165) is 28.1 Å². The topological polar surface area (TPSA) is 80.1 Å². The second kappa shape index (κ2) is 4.99. The number of benzene rings is 1. The Morgan fingerprint density at radius 3 is 2.68 bits per heavy atom. The van der Waals surface area contributed by atoms with Crippen molar-refractivity contribution in [1.29, 1.82) is 0 Å². The highest BCUT2D eigenvalue weighted by molar-refractivity contribution is 6.13. The maximum atomic E-state index is 12.2. The van der Waals surface area contributed by atoms with Gasteiger partial charge in [-0.15, -0.1) is 0 Å². The average Bonchev–Trinajstić information content (AvgIpc) is 2.85. The van der Waals surface area contributed by atoms with Crippen molar-refractivity contribution in [2.45, 2.75) is 26.2 Å². The zero-order chi connectivity index (χ0) is 17.9. The Kier molecular flexibility index (Phi) is 3.09. The van der Waals surface area contributed by atoms with Crippen LogP contribution in [0.1, 0.15) is 30.5 Å². The van der Waals surface area contributed by atoms with E-state index in [-0.39, 0.29) is 5.41 Å². The lowest BCUT2D eigenvalue weighted by Gasteiger charge is -2.22. The summed E-state index contributed by atoms with van der Waals surface area (Å²) in [6.07, 6.45) is 1.68. The molecule has 1 N–H and O–H groups in total. The van der Waals surface area contributed by atoms with Crippen molar-refractivity contribution < 1.29 is 0 Å². The highest BCUT2D eigenvalue weighted by Crippen LogP contribution is 2.43. The van der Waals surface area contributed by atoms with Crippen molar-refractivity contribution in [2.24, 2.45) is 12.0 Å². The van der Waals surface area contributed by atoms with E-state index in [4.69, 9.17) is 4.99 Å². The fourth-order valence-corrected chi connectivity index (χ4v) is 3.48. The Morgan fingerprint density at radius 1 is 1.20 bits per heavy atom. The third kappa shape index (κ3) is 2.10. The number of aromatic amines is 1. The number of nitrogens with zero attached hydrogens (tertiary/aromatic N) is 3. The molecular weight excluding hydrogens is 316 g/mol. The molecular formula is C19H18N4O2. The molecule has 3 heterocycles. The minimum Gasteiger partial charge on any atom is -0.281 e. The van der Waals surface area contributed by atoms with Gasteiger partial charge in [0.05, 0.1) is 16.8 Å². The third-order valence-corrected chi connectivity index (χ3v) is 4.95. The molecule has 1 aliphatic heterocycles. The minimum atomic E-state index is -0.473. The second-order valence-corrected chi connectivity index (χ2v) is 6.97. The van der Waals surface area contributed by atoms with Crippen molar-refractivity contribution in [1.82, 2.24) is 14.5 Å². The van der Waals surface area contributed by atoms with Gasteiger partial charge in [0.15, 0.2) is 0 Å². The molecule has 0 unspecified atom stereocenters. The summed E-state index contributed by atoms with van der Waals surface area (Å²) in [5, 5.41) is 0.380. The van der Waals surface area contributed by atoms with E-state index in [1.54, 1.807) is 19.3 Å². The molecule has 6 nitrogen and oxygen atoms in total. The van der Waals surface area contributed by atoms with Gasteiger partial charge < -0.3 is 0 Å². The first kappa shape index (κ1) is 15.5. The molecule has 0 saturated carbocycles. The zero-order valence-electron chi connectivity index (χ0n) is 14.5. The maximum absolute atomic E-state index is 12.2. The van der Waals surface area contributed by atoms with Crippen LogP contribution in [0.3, 0.4) is 0 Å². The van der Waals surface area contributed by atoms with Crippen LogP contribution in [0.25, 0.3) is 11.0 Å². The normalized spacial score (nSPS) is 15.3. The third-order valence-electron chi connectivity index (χ3n) is 4.95. The van der Waals surface area contributed by atoms with E-state index in [0.29, 0.717) is 11.0 Å². The van der Waals surface area contributed by atoms with Crippen LogP contribution in [0.5, 0.6) is 0 Å². The monoisotopic (exact) mass is 334 g/mol. The molecule has 6 heteroatoms. The minimum absolute atomic E-state index is 0.288. The number of para-hydroxylation sites is 1. The first-order valence-corrected chi connectivity index (χ1v) is 8.09. The van der Waals surface area contributed by atoms with Crippen LogP contribution >= 0.6 is 0 Å². The van der Waals surface area contributed by atoms with Crippen molar-refractivity contribution >= 4 is 22.4 Å². The molecule has 0 amide bonds. The lowest BCUT2D eigenvalue weighted by molar-refractivity contribution is 0.736. The zero-order valence-corrected chi connectivity index (χ0v) is 14.5. The molecule has 2 aromatic heterocycles.